The zero-order valence-corrected chi connectivity index (χ0v) is 37.8. The third-order valence-corrected chi connectivity index (χ3v) is 10.1. The van der Waals surface area contributed by atoms with E-state index in [9.17, 15) is 19.8 Å². The lowest BCUT2D eigenvalue weighted by Gasteiger charge is -2.24. The van der Waals surface area contributed by atoms with E-state index < -0.39 is 18.2 Å². The highest BCUT2D eigenvalue weighted by molar-refractivity contribution is 5.77. The summed E-state index contributed by atoms with van der Waals surface area (Å²) in [5.74, 6) is -0.586. The van der Waals surface area contributed by atoms with Gasteiger partial charge in [-0.05, 0) is 57.8 Å². The lowest BCUT2D eigenvalue weighted by molar-refractivity contribution is -0.151. The highest BCUT2D eigenvalue weighted by atomic mass is 16.5. The van der Waals surface area contributed by atoms with Crippen LogP contribution >= 0.6 is 0 Å². The van der Waals surface area contributed by atoms with Gasteiger partial charge in [-0.25, -0.2) is 0 Å². The topological polar surface area (TPSA) is 95.9 Å². The van der Waals surface area contributed by atoms with Crippen LogP contribution in [-0.2, 0) is 14.3 Å². The van der Waals surface area contributed by atoms with Crippen LogP contribution in [0.2, 0.25) is 0 Å². The van der Waals surface area contributed by atoms with E-state index in [0.717, 1.165) is 83.5 Å². The summed E-state index contributed by atoms with van der Waals surface area (Å²) in [6.07, 6.45) is 61.5. The summed E-state index contributed by atoms with van der Waals surface area (Å²) in [5, 5.41) is 23.7. The third-order valence-electron chi connectivity index (χ3n) is 10.1. The summed E-state index contributed by atoms with van der Waals surface area (Å²) in [4.78, 5) is 26.0. The van der Waals surface area contributed by atoms with E-state index in [1.54, 1.807) is 0 Å². The molecule has 6 nitrogen and oxygen atoms in total. The first kappa shape index (κ1) is 55.5. The van der Waals surface area contributed by atoms with Gasteiger partial charge in [0.25, 0.3) is 0 Å². The Balaban J connectivity index is 4.78. The van der Waals surface area contributed by atoms with Crippen molar-refractivity contribution in [1.29, 1.82) is 0 Å². The molecule has 0 aliphatic carbocycles. The number of allylic oxidation sites excluding steroid dienone is 18. The largest absolute Gasteiger partial charge is 0.462 e. The SMILES string of the molecule is CC/C=C/C=C/C=C\C=C/C=C/CCCC(CC(=O)NC(CO)C(O)CCCCCCCCCCCCCC)OC(=O)CCCCCCC\C=C/C=C/C=C/C=C/CC. The monoisotopic (exact) mass is 818 g/mol. The van der Waals surface area contributed by atoms with Crippen LogP contribution in [0.3, 0.4) is 0 Å². The molecule has 0 bridgehead atoms. The van der Waals surface area contributed by atoms with Crippen molar-refractivity contribution in [1.82, 2.24) is 5.32 Å². The van der Waals surface area contributed by atoms with Gasteiger partial charge < -0.3 is 20.3 Å². The summed E-state index contributed by atoms with van der Waals surface area (Å²) in [7, 11) is 0. The van der Waals surface area contributed by atoms with Crippen molar-refractivity contribution in [3.63, 3.8) is 0 Å². The van der Waals surface area contributed by atoms with Gasteiger partial charge in [-0.3, -0.25) is 9.59 Å². The van der Waals surface area contributed by atoms with Crippen LogP contribution in [0.5, 0.6) is 0 Å². The molecule has 3 unspecified atom stereocenters. The van der Waals surface area contributed by atoms with E-state index in [1.807, 2.05) is 66.8 Å². The Kier molecular flexibility index (Phi) is 42.9. The molecule has 0 aliphatic rings. The molecule has 0 aliphatic heterocycles. The van der Waals surface area contributed by atoms with Gasteiger partial charge in [0, 0.05) is 6.42 Å². The van der Waals surface area contributed by atoms with Crippen molar-refractivity contribution < 1.29 is 24.5 Å². The van der Waals surface area contributed by atoms with E-state index in [1.165, 1.54) is 57.8 Å². The van der Waals surface area contributed by atoms with Gasteiger partial charge in [0.05, 0.1) is 25.2 Å². The van der Waals surface area contributed by atoms with Crippen LogP contribution in [0, 0.1) is 0 Å². The van der Waals surface area contributed by atoms with Crippen LogP contribution in [0.1, 0.15) is 188 Å². The Bertz CT molecular complexity index is 1240. The molecule has 0 aromatic carbocycles. The Morgan fingerprint density at radius 2 is 0.932 bits per heavy atom. The van der Waals surface area contributed by atoms with Gasteiger partial charge in [-0.2, -0.15) is 0 Å². The molecule has 1 amide bonds. The summed E-state index contributed by atoms with van der Waals surface area (Å²) in [5.41, 5.74) is 0. The number of hydrogen-bond donors (Lipinski definition) is 3. The van der Waals surface area contributed by atoms with Crippen molar-refractivity contribution in [2.45, 2.75) is 206 Å². The average Bonchev–Trinajstić information content (AvgIpc) is 3.23. The van der Waals surface area contributed by atoms with Crippen LogP contribution in [0.25, 0.3) is 0 Å². The normalized spacial score (nSPS) is 14.3. The predicted octanol–water partition coefficient (Wildman–Crippen LogP) is 13.9. The molecule has 334 valence electrons. The molecular weight excluding hydrogens is 731 g/mol. The van der Waals surface area contributed by atoms with Gasteiger partial charge in [-0.15, -0.1) is 0 Å². The minimum Gasteiger partial charge on any atom is -0.462 e. The number of carbonyl (C=O) groups is 2. The first-order valence-electron chi connectivity index (χ1n) is 23.7. The standard InChI is InChI=1S/C53H87NO5/c1-4-7-10-13-16-19-22-25-26-28-31-34-37-40-43-46-53(58)59-49(44-41-38-35-32-29-27-23-20-17-14-11-8-5-2)47-52(57)54-50(48-55)51(56)45-42-39-36-33-30-24-21-18-15-12-9-6-3/h7-8,10-11,13-14,16-17,19-20,22-23,25-27,29,32,35,49-51,55-56H,4-6,9,12,15,18,21,24,28,30-31,33-34,36-48H2,1-3H3,(H,54,57)/b10-7+,11-8+,16-13+,17-14+,22-19+,23-20-,26-25-,29-27-,35-32+. The third kappa shape index (κ3) is 41.1. The van der Waals surface area contributed by atoms with Gasteiger partial charge in [0.15, 0.2) is 0 Å². The molecule has 0 saturated carbocycles. The summed E-state index contributed by atoms with van der Waals surface area (Å²) < 4.78 is 5.86. The van der Waals surface area contributed by atoms with E-state index in [-0.39, 0.29) is 24.9 Å². The summed E-state index contributed by atoms with van der Waals surface area (Å²) in [6.45, 7) is 6.15. The lowest BCUT2D eigenvalue weighted by Crippen LogP contribution is -2.46. The number of hydrogen-bond acceptors (Lipinski definition) is 5. The predicted molar refractivity (Wildman–Crippen MR) is 254 cm³/mol. The van der Waals surface area contributed by atoms with E-state index in [2.05, 4.69) is 68.6 Å². The fourth-order valence-electron chi connectivity index (χ4n) is 6.52. The maximum absolute atomic E-state index is 13.1. The fraction of sp³-hybridized carbons (Fsp3) is 0.623. The highest BCUT2D eigenvalue weighted by Gasteiger charge is 2.24. The number of ether oxygens (including phenoxy) is 1. The van der Waals surface area contributed by atoms with Crippen LogP contribution in [0.4, 0.5) is 0 Å². The summed E-state index contributed by atoms with van der Waals surface area (Å²) >= 11 is 0. The smallest absolute Gasteiger partial charge is 0.306 e. The molecule has 0 radical (unpaired) electrons. The Morgan fingerprint density at radius 3 is 1.42 bits per heavy atom. The number of aliphatic hydroxyl groups is 2. The molecule has 3 N–H and O–H groups in total. The minimum absolute atomic E-state index is 0.0117. The number of rotatable bonds is 40. The second kappa shape index (κ2) is 45.6. The first-order valence-corrected chi connectivity index (χ1v) is 23.7. The average molecular weight is 818 g/mol. The van der Waals surface area contributed by atoms with Crippen molar-refractivity contribution >= 4 is 11.9 Å². The molecule has 0 spiro atoms. The number of unbranched alkanes of at least 4 members (excludes halogenated alkanes) is 17. The van der Waals surface area contributed by atoms with Gasteiger partial charge in [0.2, 0.25) is 5.91 Å². The minimum atomic E-state index is -0.816. The molecule has 0 saturated heterocycles. The second-order valence-corrected chi connectivity index (χ2v) is 15.6. The van der Waals surface area contributed by atoms with Crippen molar-refractivity contribution in [2.75, 3.05) is 6.61 Å². The maximum atomic E-state index is 13.1. The van der Waals surface area contributed by atoms with Crippen LogP contribution in [0.15, 0.2) is 109 Å². The number of aliphatic hydroxyl groups excluding tert-OH is 2. The second-order valence-electron chi connectivity index (χ2n) is 15.6. The molecule has 0 aromatic rings. The molecule has 0 rings (SSSR count). The Labute approximate surface area is 362 Å². The quantitative estimate of drug-likeness (QED) is 0.0325. The van der Waals surface area contributed by atoms with Crippen molar-refractivity contribution in [2.24, 2.45) is 0 Å². The van der Waals surface area contributed by atoms with Crippen LogP contribution < -0.4 is 5.32 Å². The van der Waals surface area contributed by atoms with Crippen LogP contribution in [-0.4, -0.2) is 46.9 Å². The lowest BCUT2D eigenvalue weighted by atomic mass is 10.0. The van der Waals surface area contributed by atoms with E-state index in [0.29, 0.717) is 19.3 Å². The first-order chi connectivity index (χ1) is 29.0. The number of carbonyl (C=O) groups excluding carboxylic acids is 2. The van der Waals surface area contributed by atoms with Gasteiger partial charge in [0.1, 0.15) is 6.10 Å². The number of amides is 1. The molecule has 0 aromatic heterocycles. The fourth-order valence-corrected chi connectivity index (χ4v) is 6.52. The molecule has 59 heavy (non-hydrogen) atoms. The number of esters is 1. The highest BCUT2D eigenvalue weighted by Crippen LogP contribution is 2.16. The molecular formula is C53H87NO5. The molecule has 0 heterocycles. The van der Waals surface area contributed by atoms with Gasteiger partial charge >= 0.3 is 5.97 Å². The Hall–Kier alpha value is -3.48. The Morgan fingerprint density at radius 1 is 0.508 bits per heavy atom. The van der Waals surface area contributed by atoms with E-state index >= 15 is 0 Å². The number of nitrogens with one attached hydrogen (secondary N) is 1. The molecule has 3 atom stereocenters. The maximum Gasteiger partial charge on any atom is 0.306 e. The van der Waals surface area contributed by atoms with E-state index in [4.69, 9.17) is 4.74 Å². The zero-order valence-electron chi connectivity index (χ0n) is 37.8. The zero-order chi connectivity index (χ0) is 43.1. The van der Waals surface area contributed by atoms with Crippen molar-refractivity contribution in [3.05, 3.63) is 109 Å². The van der Waals surface area contributed by atoms with Gasteiger partial charge in [-0.1, -0.05) is 226 Å². The molecule has 6 heteroatoms. The molecule has 0 fully saturated rings. The van der Waals surface area contributed by atoms with Crippen molar-refractivity contribution in [3.8, 4) is 0 Å². The summed E-state index contributed by atoms with van der Waals surface area (Å²) in [6, 6.07) is -0.735.